The number of rotatable bonds is 1. The van der Waals surface area contributed by atoms with Gasteiger partial charge in [-0.3, -0.25) is 4.79 Å². The van der Waals surface area contributed by atoms with Gasteiger partial charge < -0.3 is 10.1 Å². The first-order valence-corrected chi connectivity index (χ1v) is 4.93. The summed E-state index contributed by atoms with van der Waals surface area (Å²) in [5, 5.41) is 2.84. The standard InChI is InChI=1S/C12H13NO2/c1-12(2)10(7-14)8-5-3-4-6-9(8)11(15)13-12/h3-7,10H,1-2H3,(H,13,15). The summed E-state index contributed by atoms with van der Waals surface area (Å²) in [7, 11) is 0. The fourth-order valence-electron chi connectivity index (χ4n) is 2.04. The Kier molecular flexibility index (Phi) is 2.11. The van der Waals surface area contributed by atoms with Crippen molar-refractivity contribution in [2.45, 2.75) is 25.3 Å². The average molecular weight is 203 g/mol. The average Bonchev–Trinajstić information content (AvgIpc) is 2.17. The highest BCUT2D eigenvalue weighted by Crippen LogP contribution is 2.32. The first-order valence-electron chi connectivity index (χ1n) is 4.93. The van der Waals surface area contributed by atoms with Gasteiger partial charge in [0, 0.05) is 11.1 Å². The van der Waals surface area contributed by atoms with Crippen LogP contribution in [0.5, 0.6) is 0 Å². The van der Waals surface area contributed by atoms with Crippen LogP contribution in [-0.4, -0.2) is 17.7 Å². The van der Waals surface area contributed by atoms with E-state index in [0.29, 0.717) is 5.56 Å². The normalized spacial score (nSPS) is 22.8. The Morgan fingerprint density at radius 3 is 2.67 bits per heavy atom. The maximum absolute atomic E-state index is 11.7. The van der Waals surface area contributed by atoms with Gasteiger partial charge in [-0.25, -0.2) is 0 Å². The van der Waals surface area contributed by atoms with Gasteiger partial charge >= 0.3 is 0 Å². The van der Waals surface area contributed by atoms with Crippen LogP contribution in [0.15, 0.2) is 24.3 Å². The van der Waals surface area contributed by atoms with Crippen molar-refractivity contribution in [3.05, 3.63) is 35.4 Å². The number of hydrogen-bond donors (Lipinski definition) is 1. The van der Waals surface area contributed by atoms with Crippen molar-refractivity contribution >= 4 is 12.2 Å². The minimum Gasteiger partial charge on any atom is -0.346 e. The molecule has 0 spiro atoms. The van der Waals surface area contributed by atoms with E-state index in [-0.39, 0.29) is 11.8 Å². The highest BCUT2D eigenvalue weighted by Gasteiger charge is 2.38. The van der Waals surface area contributed by atoms with Crippen LogP contribution in [0.25, 0.3) is 0 Å². The number of carbonyl (C=O) groups is 2. The predicted molar refractivity (Wildman–Crippen MR) is 56.8 cm³/mol. The summed E-state index contributed by atoms with van der Waals surface area (Å²) in [6.45, 7) is 3.72. The van der Waals surface area contributed by atoms with E-state index in [0.717, 1.165) is 11.8 Å². The van der Waals surface area contributed by atoms with Crippen molar-refractivity contribution < 1.29 is 9.59 Å². The number of aldehydes is 1. The molecular weight excluding hydrogens is 190 g/mol. The molecule has 78 valence electrons. The smallest absolute Gasteiger partial charge is 0.252 e. The molecule has 0 saturated heterocycles. The molecule has 15 heavy (non-hydrogen) atoms. The molecule has 0 fully saturated rings. The summed E-state index contributed by atoms with van der Waals surface area (Å²) in [4.78, 5) is 22.8. The van der Waals surface area contributed by atoms with Crippen molar-refractivity contribution in [1.82, 2.24) is 5.32 Å². The van der Waals surface area contributed by atoms with Crippen LogP contribution in [0.2, 0.25) is 0 Å². The number of fused-ring (bicyclic) bond motifs is 1. The van der Waals surface area contributed by atoms with Crippen molar-refractivity contribution in [1.29, 1.82) is 0 Å². The molecular formula is C12H13NO2. The van der Waals surface area contributed by atoms with Gasteiger partial charge in [0.05, 0.1) is 5.92 Å². The van der Waals surface area contributed by atoms with Gasteiger partial charge in [0.25, 0.3) is 5.91 Å². The molecule has 1 aromatic carbocycles. The van der Waals surface area contributed by atoms with Crippen LogP contribution in [0, 0.1) is 0 Å². The summed E-state index contributed by atoms with van der Waals surface area (Å²) in [6.07, 6.45) is 0.901. The predicted octanol–water partition coefficient (Wildman–Crippen LogP) is 1.49. The second-order valence-electron chi connectivity index (χ2n) is 4.38. The molecule has 1 amide bonds. The van der Waals surface area contributed by atoms with Crippen molar-refractivity contribution in [3.8, 4) is 0 Å². The third-order valence-electron chi connectivity index (χ3n) is 2.89. The van der Waals surface area contributed by atoms with Gasteiger partial charge in [0.2, 0.25) is 0 Å². The molecule has 1 unspecified atom stereocenters. The van der Waals surface area contributed by atoms with Crippen LogP contribution in [0.3, 0.4) is 0 Å². The lowest BCUT2D eigenvalue weighted by Crippen LogP contribution is -2.52. The zero-order chi connectivity index (χ0) is 11.1. The van der Waals surface area contributed by atoms with Crippen LogP contribution in [0.1, 0.15) is 35.7 Å². The van der Waals surface area contributed by atoms with Crippen LogP contribution in [-0.2, 0) is 4.79 Å². The maximum Gasteiger partial charge on any atom is 0.252 e. The van der Waals surface area contributed by atoms with Crippen LogP contribution >= 0.6 is 0 Å². The van der Waals surface area contributed by atoms with Crippen LogP contribution < -0.4 is 5.32 Å². The molecule has 1 aliphatic heterocycles. The topological polar surface area (TPSA) is 46.2 Å². The van der Waals surface area contributed by atoms with E-state index in [4.69, 9.17) is 0 Å². The van der Waals surface area contributed by atoms with E-state index in [1.807, 2.05) is 26.0 Å². The molecule has 1 aromatic rings. The fraction of sp³-hybridized carbons (Fsp3) is 0.333. The lowest BCUT2D eigenvalue weighted by atomic mass is 9.77. The monoisotopic (exact) mass is 203 g/mol. The van der Waals surface area contributed by atoms with E-state index in [1.165, 1.54) is 0 Å². The zero-order valence-corrected chi connectivity index (χ0v) is 8.78. The molecule has 3 heteroatoms. The minimum atomic E-state index is -0.507. The Morgan fingerprint density at radius 1 is 1.33 bits per heavy atom. The molecule has 1 heterocycles. The van der Waals surface area contributed by atoms with Crippen molar-refractivity contribution in [3.63, 3.8) is 0 Å². The molecule has 0 bridgehead atoms. The SMILES string of the molecule is CC1(C)NC(=O)c2ccccc2C1C=O. The molecule has 1 N–H and O–H groups in total. The molecule has 3 nitrogen and oxygen atoms in total. The Morgan fingerprint density at radius 2 is 2.00 bits per heavy atom. The second-order valence-corrected chi connectivity index (χ2v) is 4.38. The second kappa shape index (κ2) is 3.19. The molecule has 1 atom stereocenters. The lowest BCUT2D eigenvalue weighted by molar-refractivity contribution is -0.110. The third kappa shape index (κ3) is 1.44. The van der Waals surface area contributed by atoms with Gasteiger partial charge in [0.15, 0.2) is 0 Å². The first kappa shape index (κ1) is 9.90. The van der Waals surface area contributed by atoms with E-state index in [9.17, 15) is 9.59 Å². The third-order valence-corrected chi connectivity index (χ3v) is 2.89. The van der Waals surface area contributed by atoms with E-state index >= 15 is 0 Å². The molecule has 0 aliphatic carbocycles. The summed E-state index contributed by atoms with van der Waals surface area (Å²) in [6, 6.07) is 7.24. The number of amides is 1. The number of benzene rings is 1. The lowest BCUT2D eigenvalue weighted by Gasteiger charge is -2.37. The molecule has 0 saturated carbocycles. The highest BCUT2D eigenvalue weighted by atomic mass is 16.2. The zero-order valence-electron chi connectivity index (χ0n) is 8.78. The number of hydrogen-bond acceptors (Lipinski definition) is 2. The fourth-order valence-corrected chi connectivity index (χ4v) is 2.04. The van der Waals surface area contributed by atoms with Gasteiger partial charge in [0.1, 0.15) is 6.29 Å². The summed E-state index contributed by atoms with van der Waals surface area (Å²) in [5.74, 6) is -0.375. The van der Waals surface area contributed by atoms with E-state index in [1.54, 1.807) is 12.1 Å². The van der Waals surface area contributed by atoms with E-state index in [2.05, 4.69) is 5.32 Å². The molecule has 2 rings (SSSR count). The van der Waals surface area contributed by atoms with Crippen LogP contribution in [0.4, 0.5) is 0 Å². The van der Waals surface area contributed by atoms with Gasteiger partial charge in [-0.15, -0.1) is 0 Å². The molecule has 0 radical (unpaired) electrons. The first-order chi connectivity index (χ1) is 7.06. The Hall–Kier alpha value is -1.64. The Bertz CT molecular complexity index is 423. The van der Waals surface area contributed by atoms with Gasteiger partial charge in [-0.05, 0) is 25.5 Å². The van der Waals surface area contributed by atoms with Crippen molar-refractivity contribution in [2.24, 2.45) is 0 Å². The van der Waals surface area contributed by atoms with Gasteiger partial charge in [-0.1, -0.05) is 18.2 Å². The minimum absolute atomic E-state index is 0.103. The summed E-state index contributed by atoms with van der Waals surface area (Å²) in [5.41, 5.74) is 0.919. The Balaban J connectivity index is 2.61. The number of carbonyl (C=O) groups excluding carboxylic acids is 2. The number of nitrogens with one attached hydrogen (secondary N) is 1. The largest absolute Gasteiger partial charge is 0.346 e. The Labute approximate surface area is 88.5 Å². The maximum atomic E-state index is 11.7. The summed E-state index contributed by atoms with van der Waals surface area (Å²) < 4.78 is 0. The van der Waals surface area contributed by atoms with Crippen molar-refractivity contribution in [2.75, 3.05) is 0 Å². The highest BCUT2D eigenvalue weighted by molar-refractivity contribution is 5.99. The summed E-state index contributed by atoms with van der Waals surface area (Å²) >= 11 is 0. The molecule has 1 aliphatic rings. The molecule has 0 aromatic heterocycles. The van der Waals surface area contributed by atoms with E-state index < -0.39 is 5.54 Å². The van der Waals surface area contributed by atoms with Gasteiger partial charge in [-0.2, -0.15) is 0 Å². The quantitative estimate of drug-likeness (QED) is 0.703.